The van der Waals surface area contributed by atoms with Gasteiger partial charge in [-0.15, -0.1) is 0 Å². The third-order valence-corrected chi connectivity index (χ3v) is 8.84. The molecule has 5 aromatic rings. The quantitative estimate of drug-likeness (QED) is 0.260. The summed E-state index contributed by atoms with van der Waals surface area (Å²) in [6.07, 6.45) is 0. The highest BCUT2D eigenvalue weighted by atomic mass is 31.1. The first-order chi connectivity index (χ1) is 16.2. The predicted molar refractivity (Wildman–Crippen MR) is 146 cm³/mol. The highest BCUT2D eigenvalue weighted by Gasteiger charge is 2.25. The predicted octanol–water partition coefficient (Wildman–Crippen LogP) is 6.80. The average molecular weight is 446 g/mol. The van der Waals surface area contributed by atoms with E-state index in [0.717, 1.165) is 0 Å². The standard InChI is InChI=1S/C31H28NP/c1-24(25-14-6-3-7-15-25)32(2)31-29-21-13-12-16-26(29)22-23-30(31)33(27-17-8-4-9-18-27)28-19-10-5-11-20-28/h3-24H,1-2H3/t24-/m0/s1. The minimum atomic E-state index is -0.708. The van der Waals surface area contributed by atoms with Crippen molar-refractivity contribution in [2.45, 2.75) is 13.0 Å². The molecule has 0 N–H and O–H groups in total. The zero-order chi connectivity index (χ0) is 22.6. The minimum absolute atomic E-state index is 0.249. The molecule has 0 saturated carbocycles. The Bertz CT molecular complexity index is 1290. The summed E-state index contributed by atoms with van der Waals surface area (Å²) >= 11 is 0. The SMILES string of the molecule is C[C@@H](c1ccccc1)N(C)c1c(P(c2ccccc2)c2ccccc2)ccc2ccccc12. The van der Waals surface area contributed by atoms with E-state index < -0.39 is 7.92 Å². The van der Waals surface area contributed by atoms with Gasteiger partial charge in [0.2, 0.25) is 0 Å². The second-order valence-corrected chi connectivity index (χ2v) is 10.5. The fraction of sp³-hybridized carbons (Fsp3) is 0.0968. The van der Waals surface area contributed by atoms with Crippen LogP contribution in [0.3, 0.4) is 0 Å². The van der Waals surface area contributed by atoms with Crippen molar-refractivity contribution in [1.82, 2.24) is 0 Å². The van der Waals surface area contributed by atoms with Crippen LogP contribution in [0.1, 0.15) is 18.5 Å². The normalized spacial score (nSPS) is 12.1. The lowest BCUT2D eigenvalue weighted by Crippen LogP contribution is -2.30. The number of nitrogens with zero attached hydrogens (tertiary/aromatic N) is 1. The molecule has 5 aromatic carbocycles. The number of fused-ring (bicyclic) bond motifs is 1. The van der Waals surface area contributed by atoms with Gasteiger partial charge >= 0.3 is 0 Å². The maximum Gasteiger partial charge on any atom is 0.0533 e. The summed E-state index contributed by atoms with van der Waals surface area (Å²) in [5, 5.41) is 6.72. The van der Waals surface area contributed by atoms with Crippen molar-refractivity contribution in [3.8, 4) is 0 Å². The molecule has 162 valence electrons. The summed E-state index contributed by atoms with van der Waals surface area (Å²) in [7, 11) is 1.53. The van der Waals surface area contributed by atoms with Crippen LogP contribution < -0.4 is 20.8 Å². The van der Waals surface area contributed by atoms with Gasteiger partial charge < -0.3 is 4.90 Å². The maximum atomic E-state index is 2.47. The molecule has 1 atom stereocenters. The molecular weight excluding hydrogens is 417 g/mol. The zero-order valence-corrected chi connectivity index (χ0v) is 20.0. The van der Waals surface area contributed by atoms with E-state index in [1.807, 2.05) is 0 Å². The van der Waals surface area contributed by atoms with Crippen molar-refractivity contribution in [3.63, 3.8) is 0 Å². The Balaban J connectivity index is 1.75. The Morgan fingerprint density at radius 1 is 0.576 bits per heavy atom. The van der Waals surface area contributed by atoms with Gasteiger partial charge in [0, 0.05) is 17.7 Å². The summed E-state index contributed by atoms with van der Waals surface area (Å²) in [4.78, 5) is 2.47. The van der Waals surface area contributed by atoms with E-state index in [0.29, 0.717) is 0 Å². The van der Waals surface area contributed by atoms with Crippen LogP contribution in [0.25, 0.3) is 10.8 Å². The second kappa shape index (κ2) is 9.61. The second-order valence-electron chi connectivity index (χ2n) is 8.36. The molecule has 0 heterocycles. The number of benzene rings is 5. The highest BCUT2D eigenvalue weighted by Crippen LogP contribution is 2.41. The Morgan fingerprint density at radius 3 is 1.70 bits per heavy atom. The van der Waals surface area contributed by atoms with E-state index in [1.165, 1.54) is 37.9 Å². The van der Waals surface area contributed by atoms with Crippen molar-refractivity contribution < 1.29 is 0 Å². The molecule has 0 aliphatic carbocycles. The van der Waals surface area contributed by atoms with Crippen molar-refractivity contribution in [2.24, 2.45) is 0 Å². The fourth-order valence-electron chi connectivity index (χ4n) is 4.52. The Kier molecular flexibility index (Phi) is 6.24. The molecular formula is C31H28NP. The molecule has 0 aliphatic heterocycles. The summed E-state index contributed by atoms with van der Waals surface area (Å²) in [5.74, 6) is 0. The van der Waals surface area contributed by atoms with E-state index in [1.54, 1.807) is 0 Å². The van der Waals surface area contributed by atoms with Gasteiger partial charge in [-0.1, -0.05) is 127 Å². The first-order valence-corrected chi connectivity index (χ1v) is 12.8. The molecule has 0 amide bonds. The summed E-state index contributed by atoms with van der Waals surface area (Å²) in [6.45, 7) is 2.30. The summed E-state index contributed by atoms with van der Waals surface area (Å²) < 4.78 is 0. The first kappa shape index (κ1) is 21.4. The molecule has 0 fully saturated rings. The van der Waals surface area contributed by atoms with Gasteiger partial charge in [0.25, 0.3) is 0 Å². The molecule has 5 rings (SSSR count). The topological polar surface area (TPSA) is 3.24 Å². The third kappa shape index (κ3) is 4.30. The lowest BCUT2D eigenvalue weighted by molar-refractivity contribution is 0.744. The summed E-state index contributed by atoms with van der Waals surface area (Å²) in [5.41, 5.74) is 2.64. The zero-order valence-electron chi connectivity index (χ0n) is 19.1. The van der Waals surface area contributed by atoms with Crippen LogP contribution in [0.15, 0.2) is 127 Å². The summed E-state index contributed by atoms with van der Waals surface area (Å²) in [6, 6.07) is 46.4. The number of rotatable bonds is 6. The molecule has 0 radical (unpaired) electrons. The lowest BCUT2D eigenvalue weighted by Gasteiger charge is -2.33. The number of anilines is 1. The molecule has 1 nitrogen and oxygen atoms in total. The first-order valence-electron chi connectivity index (χ1n) is 11.4. The molecule has 33 heavy (non-hydrogen) atoms. The van der Waals surface area contributed by atoms with E-state index >= 15 is 0 Å². The van der Waals surface area contributed by atoms with Gasteiger partial charge in [-0.2, -0.15) is 0 Å². The van der Waals surface area contributed by atoms with E-state index in [9.17, 15) is 0 Å². The Labute approximate surface area is 198 Å². The third-order valence-electron chi connectivity index (χ3n) is 6.36. The molecule has 2 heteroatoms. The fourth-order valence-corrected chi connectivity index (χ4v) is 7.03. The van der Waals surface area contributed by atoms with E-state index in [4.69, 9.17) is 0 Å². The van der Waals surface area contributed by atoms with Crippen LogP contribution in [-0.2, 0) is 0 Å². The van der Waals surface area contributed by atoms with E-state index in [2.05, 4.69) is 146 Å². The van der Waals surface area contributed by atoms with Crippen molar-refractivity contribution >= 4 is 40.3 Å². The number of hydrogen-bond donors (Lipinski definition) is 0. The highest BCUT2D eigenvalue weighted by molar-refractivity contribution is 7.80. The Morgan fingerprint density at radius 2 is 1.09 bits per heavy atom. The lowest BCUT2D eigenvalue weighted by atomic mass is 10.0. The maximum absolute atomic E-state index is 2.47. The molecule has 0 saturated heterocycles. The van der Waals surface area contributed by atoms with Gasteiger partial charge in [-0.25, -0.2) is 0 Å². The van der Waals surface area contributed by atoms with Crippen LogP contribution in [0.4, 0.5) is 5.69 Å². The van der Waals surface area contributed by atoms with Crippen molar-refractivity contribution in [3.05, 3.63) is 133 Å². The smallest absolute Gasteiger partial charge is 0.0533 e. The van der Waals surface area contributed by atoms with Gasteiger partial charge in [0.05, 0.1) is 11.7 Å². The van der Waals surface area contributed by atoms with Crippen LogP contribution in [0.5, 0.6) is 0 Å². The molecule has 0 aliphatic rings. The van der Waals surface area contributed by atoms with E-state index in [-0.39, 0.29) is 6.04 Å². The molecule has 0 bridgehead atoms. The van der Waals surface area contributed by atoms with Gasteiger partial charge in [0.15, 0.2) is 0 Å². The molecule has 0 unspecified atom stereocenters. The van der Waals surface area contributed by atoms with Gasteiger partial charge in [-0.3, -0.25) is 0 Å². The molecule has 0 aromatic heterocycles. The van der Waals surface area contributed by atoms with Crippen LogP contribution in [0, 0.1) is 0 Å². The van der Waals surface area contributed by atoms with Crippen LogP contribution in [-0.4, -0.2) is 7.05 Å². The number of hydrogen-bond acceptors (Lipinski definition) is 1. The van der Waals surface area contributed by atoms with Crippen molar-refractivity contribution in [1.29, 1.82) is 0 Å². The average Bonchev–Trinajstić information content (AvgIpc) is 2.89. The minimum Gasteiger partial charge on any atom is -0.367 e. The monoisotopic (exact) mass is 445 g/mol. The largest absolute Gasteiger partial charge is 0.367 e. The molecule has 0 spiro atoms. The van der Waals surface area contributed by atoms with Crippen LogP contribution in [0.2, 0.25) is 0 Å². The van der Waals surface area contributed by atoms with Gasteiger partial charge in [-0.05, 0) is 36.4 Å². The van der Waals surface area contributed by atoms with Gasteiger partial charge in [0.1, 0.15) is 0 Å². The van der Waals surface area contributed by atoms with Crippen molar-refractivity contribution in [2.75, 3.05) is 11.9 Å². The van der Waals surface area contributed by atoms with Crippen LogP contribution >= 0.6 is 7.92 Å². The Hall–Kier alpha value is -3.41.